The van der Waals surface area contributed by atoms with Gasteiger partial charge in [-0.1, -0.05) is 88.7 Å². The molecule has 7 atom stereocenters. The Labute approximate surface area is 290 Å². The van der Waals surface area contributed by atoms with E-state index in [0.29, 0.717) is 32.2 Å². The second kappa shape index (κ2) is 16.1. The number of benzene rings is 2. The second-order valence-electron chi connectivity index (χ2n) is 12.6. The van der Waals surface area contributed by atoms with Gasteiger partial charge in [-0.2, -0.15) is 0 Å². The van der Waals surface area contributed by atoms with Crippen LogP contribution in [0, 0.1) is 11.8 Å². The van der Waals surface area contributed by atoms with E-state index in [-0.39, 0.29) is 49.4 Å². The van der Waals surface area contributed by atoms with Crippen molar-refractivity contribution in [3.63, 3.8) is 0 Å². The first-order chi connectivity index (χ1) is 23.2. The number of unbranched alkanes of at least 4 members (excludes halogenated alkanes) is 1. The van der Waals surface area contributed by atoms with Gasteiger partial charge in [0.05, 0.1) is 24.0 Å². The lowest BCUT2D eigenvalue weighted by Gasteiger charge is -2.37. The van der Waals surface area contributed by atoms with Gasteiger partial charge in [-0.05, 0) is 36.8 Å². The van der Waals surface area contributed by atoms with Crippen LogP contribution in [0.15, 0.2) is 86.0 Å². The van der Waals surface area contributed by atoms with Gasteiger partial charge in [-0.3, -0.25) is 19.2 Å². The molecule has 0 aliphatic carbocycles. The monoisotopic (exact) mass is 721 g/mol. The van der Waals surface area contributed by atoms with Crippen molar-refractivity contribution in [1.29, 1.82) is 0 Å². The van der Waals surface area contributed by atoms with Crippen LogP contribution in [0.25, 0.3) is 0 Å². The Morgan fingerprint density at radius 2 is 1.81 bits per heavy atom. The lowest BCUT2D eigenvalue weighted by atomic mass is 9.70. The fraction of sp³-hybridized carbons (Fsp3) is 0.459. The molecule has 3 aliphatic rings. The SMILES string of the molecule is C=CCCC(=O)OC[C@@H](NC(=O)[C@@H]1[C@H]2O[C@@]3(CC2Br)[C@H](C(=O)N(CC=C)Cc2ccccc2)N(CCCCO)C(=O)[C@@H]13)c1ccccc1. The van der Waals surface area contributed by atoms with Crippen LogP contribution in [0.3, 0.4) is 0 Å². The van der Waals surface area contributed by atoms with Crippen LogP contribution in [0.5, 0.6) is 0 Å². The quantitative estimate of drug-likeness (QED) is 0.109. The number of aliphatic hydroxyl groups is 1. The molecular weight excluding hydrogens is 678 g/mol. The maximum atomic E-state index is 14.6. The topological polar surface area (TPSA) is 125 Å². The fourth-order valence-electron chi connectivity index (χ4n) is 7.35. The molecule has 5 rings (SSSR count). The number of fused-ring (bicyclic) bond motifs is 1. The van der Waals surface area contributed by atoms with E-state index in [9.17, 15) is 24.3 Å². The molecule has 3 amide bonds. The Morgan fingerprint density at radius 1 is 1.10 bits per heavy atom. The number of hydrogen-bond acceptors (Lipinski definition) is 7. The Balaban J connectivity index is 1.45. The number of allylic oxidation sites excluding steroid dienone is 1. The van der Waals surface area contributed by atoms with Crippen LogP contribution >= 0.6 is 15.9 Å². The maximum Gasteiger partial charge on any atom is 0.306 e. The molecule has 1 unspecified atom stereocenters. The summed E-state index contributed by atoms with van der Waals surface area (Å²) in [6.45, 7) is 8.20. The Morgan fingerprint density at radius 3 is 2.48 bits per heavy atom. The molecule has 48 heavy (non-hydrogen) atoms. The lowest BCUT2D eigenvalue weighted by molar-refractivity contribution is -0.148. The van der Waals surface area contributed by atoms with Gasteiger partial charge in [-0.25, -0.2) is 0 Å². The minimum Gasteiger partial charge on any atom is -0.463 e. The van der Waals surface area contributed by atoms with Gasteiger partial charge in [0.15, 0.2) is 0 Å². The van der Waals surface area contributed by atoms with Crippen molar-refractivity contribution in [1.82, 2.24) is 15.1 Å². The third kappa shape index (κ3) is 7.28. The molecule has 3 fully saturated rings. The molecule has 10 nitrogen and oxygen atoms in total. The summed E-state index contributed by atoms with van der Waals surface area (Å²) in [4.78, 5) is 58.7. The number of alkyl halides is 1. The predicted molar refractivity (Wildman–Crippen MR) is 184 cm³/mol. The Hall–Kier alpha value is -3.80. The van der Waals surface area contributed by atoms with E-state index in [1.165, 1.54) is 0 Å². The van der Waals surface area contributed by atoms with Crippen LogP contribution < -0.4 is 5.32 Å². The minimum atomic E-state index is -1.23. The van der Waals surface area contributed by atoms with Crippen molar-refractivity contribution in [2.75, 3.05) is 26.3 Å². The largest absolute Gasteiger partial charge is 0.463 e. The number of halogens is 1. The summed E-state index contributed by atoms with van der Waals surface area (Å²) in [6, 6.07) is 17.2. The Bertz CT molecular complexity index is 1470. The predicted octanol–water partition coefficient (Wildman–Crippen LogP) is 4.09. The van der Waals surface area contributed by atoms with E-state index in [1.807, 2.05) is 60.7 Å². The van der Waals surface area contributed by atoms with Crippen LogP contribution in [-0.4, -0.2) is 87.5 Å². The molecule has 0 aromatic heterocycles. The average molecular weight is 723 g/mol. The van der Waals surface area contributed by atoms with E-state index >= 15 is 0 Å². The fourth-order valence-corrected chi connectivity index (χ4v) is 8.29. The highest BCUT2D eigenvalue weighted by molar-refractivity contribution is 9.09. The van der Waals surface area contributed by atoms with Gasteiger partial charge < -0.3 is 29.7 Å². The molecule has 1 spiro atoms. The van der Waals surface area contributed by atoms with Crippen LogP contribution in [0.1, 0.15) is 49.3 Å². The number of amides is 3. The van der Waals surface area contributed by atoms with Crippen molar-refractivity contribution in [2.45, 2.75) is 67.3 Å². The zero-order chi connectivity index (χ0) is 34.3. The van der Waals surface area contributed by atoms with Gasteiger partial charge in [0, 0.05) is 37.5 Å². The van der Waals surface area contributed by atoms with Crippen LogP contribution in [-0.2, 0) is 35.2 Å². The lowest BCUT2D eigenvalue weighted by Crippen LogP contribution is -2.57. The van der Waals surface area contributed by atoms with Crippen LogP contribution in [0.2, 0.25) is 0 Å². The van der Waals surface area contributed by atoms with Crippen molar-refractivity contribution < 1.29 is 33.8 Å². The molecule has 0 saturated carbocycles. The number of carbonyl (C=O) groups is 4. The van der Waals surface area contributed by atoms with Crippen molar-refractivity contribution >= 4 is 39.6 Å². The van der Waals surface area contributed by atoms with E-state index in [1.54, 1.807) is 22.0 Å². The van der Waals surface area contributed by atoms with Gasteiger partial charge in [0.1, 0.15) is 18.2 Å². The number of nitrogens with one attached hydrogen (secondary N) is 1. The molecule has 2 N–H and O–H groups in total. The molecule has 2 bridgehead atoms. The third-order valence-electron chi connectivity index (χ3n) is 9.49. The normalized spacial score (nSPS) is 26.1. The molecule has 3 saturated heterocycles. The standard InChI is InChI=1S/C37H44BrN3O7/c1-3-5-18-29(43)47-24-28(26-16-10-7-11-17-26)39-34(44)30-31-35(45)41(20-12-13-21-42)33(37(31)22-27(38)32(30)48-37)36(46)40(19-4-2)23-25-14-8-6-9-15-25/h3-4,6-11,14-17,27-28,30-33,42H,1-2,5,12-13,18-24H2,(H,39,44)/t27?,28-,30+,31-,32+,33+,37-/m1/s1. The summed E-state index contributed by atoms with van der Waals surface area (Å²) in [5, 5.41) is 12.6. The Kier molecular flexibility index (Phi) is 11.9. The van der Waals surface area contributed by atoms with Crippen LogP contribution in [0.4, 0.5) is 0 Å². The summed E-state index contributed by atoms with van der Waals surface area (Å²) in [5.74, 6) is -3.17. The number of carbonyl (C=O) groups excluding carboxylic acids is 4. The number of hydrogen-bond donors (Lipinski definition) is 2. The van der Waals surface area contributed by atoms with Crippen molar-refractivity contribution in [3.05, 3.63) is 97.1 Å². The first-order valence-electron chi connectivity index (χ1n) is 16.5. The highest BCUT2D eigenvalue weighted by Crippen LogP contribution is 2.60. The van der Waals surface area contributed by atoms with Gasteiger partial charge in [-0.15, -0.1) is 13.2 Å². The summed E-state index contributed by atoms with van der Waals surface area (Å²) in [5.41, 5.74) is 0.445. The van der Waals surface area contributed by atoms with E-state index < -0.39 is 47.5 Å². The molecule has 11 heteroatoms. The van der Waals surface area contributed by atoms with E-state index in [0.717, 1.165) is 11.1 Å². The molecule has 2 aromatic rings. The van der Waals surface area contributed by atoms with Gasteiger partial charge in [0.25, 0.3) is 0 Å². The number of esters is 1. The second-order valence-corrected chi connectivity index (χ2v) is 13.8. The van der Waals surface area contributed by atoms with Gasteiger partial charge in [0.2, 0.25) is 17.7 Å². The first-order valence-corrected chi connectivity index (χ1v) is 17.5. The molecule has 2 aromatic carbocycles. The molecular formula is C37H44BrN3O7. The summed E-state index contributed by atoms with van der Waals surface area (Å²) < 4.78 is 12.2. The molecule has 3 heterocycles. The van der Waals surface area contributed by atoms with Crippen molar-refractivity contribution in [3.8, 4) is 0 Å². The number of ether oxygens (including phenoxy) is 2. The summed E-state index contributed by atoms with van der Waals surface area (Å²) in [6.07, 6.45) is 4.63. The first kappa shape index (κ1) is 35.5. The third-order valence-corrected chi connectivity index (χ3v) is 10.3. The number of nitrogens with zero attached hydrogens (tertiary/aromatic N) is 2. The molecule has 0 radical (unpaired) electrons. The zero-order valence-electron chi connectivity index (χ0n) is 27.0. The average Bonchev–Trinajstić information content (AvgIpc) is 3.69. The van der Waals surface area contributed by atoms with E-state index in [2.05, 4.69) is 34.4 Å². The summed E-state index contributed by atoms with van der Waals surface area (Å²) in [7, 11) is 0. The maximum absolute atomic E-state index is 14.6. The minimum absolute atomic E-state index is 0.0437. The van der Waals surface area contributed by atoms with Gasteiger partial charge >= 0.3 is 5.97 Å². The van der Waals surface area contributed by atoms with E-state index in [4.69, 9.17) is 9.47 Å². The highest BCUT2D eigenvalue weighted by atomic mass is 79.9. The molecule has 256 valence electrons. The number of rotatable bonds is 17. The molecule has 3 aliphatic heterocycles. The van der Waals surface area contributed by atoms with Crippen molar-refractivity contribution in [2.24, 2.45) is 11.8 Å². The summed E-state index contributed by atoms with van der Waals surface area (Å²) >= 11 is 3.74. The highest BCUT2D eigenvalue weighted by Gasteiger charge is 2.76. The zero-order valence-corrected chi connectivity index (χ0v) is 28.6. The smallest absolute Gasteiger partial charge is 0.306 e. The number of likely N-dealkylation sites (tertiary alicyclic amines) is 1. The number of aliphatic hydroxyl groups excluding tert-OH is 1.